The highest BCUT2D eigenvalue weighted by atomic mass is 16.5. The molecule has 1 rings (SSSR count). The van der Waals surface area contributed by atoms with Gasteiger partial charge in [0, 0.05) is 10.5 Å². The molecule has 0 saturated heterocycles. The predicted octanol–water partition coefficient (Wildman–Crippen LogP) is 2.33. The first-order valence-corrected chi connectivity index (χ1v) is 5.27. The normalized spacial score (nSPS) is 10.4. The van der Waals surface area contributed by atoms with Gasteiger partial charge in [0.25, 0.3) is 0 Å². The van der Waals surface area contributed by atoms with Crippen LogP contribution in [0.4, 0.5) is 0 Å². The van der Waals surface area contributed by atoms with Crippen molar-refractivity contribution in [2.75, 3.05) is 13.7 Å². The van der Waals surface area contributed by atoms with Gasteiger partial charge >= 0.3 is 5.97 Å². The van der Waals surface area contributed by atoms with Crippen LogP contribution in [0.1, 0.15) is 5.56 Å². The average Bonchev–Trinajstić information content (AvgIpc) is 2.46. The number of rotatable bonds is 3. The lowest BCUT2D eigenvalue weighted by molar-refractivity contribution is -0.136. The number of aliphatic hydroxyl groups excluding tert-OH is 1. The number of azide groups is 1. The highest BCUT2D eigenvalue weighted by Crippen LogP contribution is 2.05. The molecule has 0 amide bonds. The van der Waals surface area contributed by atoms with Gasteiger partial charge in [0.2, 0.25) is 0 Å². The van der Waals surface area contributed by atoms with Crippen LogP contribution in [0.25, 0.3) is 10.4 Å². The van der Waals surface area contributed by atoms with Crippen molar-refractivity contribution in [2.45, 2.75) is 0 Å². The van der Waals surface area contributed by atoms with Crippen LogP contribution in [0.3, 0.4) is 0 Å². The highest BCUT2D eigenvalue weighted by Gasteiger charge is 2.13. The molecule has 0 bridgehead atoms. The Bertz CT molecular complexity index is 591. The topological polar surface area (TPSA) is 95.3 Å². The van der Waals surface area contributed by atoms with E-state index in [1.54, 1.807) is 24.3 Å². The Hall–Kier alpha value is -2.90. The zero-order chi connectivity index (χ0) is 14.1. The summed E-state index contributed by atoms with van der Waals surface area (Å²) in [7, 11) is 1.16. The molecular formula is C13H11N3O3. The van der Waals surface area contributed by atoms with E-state index in [-0.39, 0.29) is 12.1 Å². The van der Waals surface area contributed by atoms with Crippen LogP contribution in [-0.2, 0) is 9.53 Å². The first-order chi connectivity index (χ1) is 9.19. The number of benzene rings is 1. The summed E-state index contributed by atoms with van der Waals surface area (Å²) >= 11 is 0. The average molecular weight is 257 g/mol. The van der Waals surface area contributed by atoms with E-state index in [0.29, 0.717) is 5.56 Å². The van der Waals surface area contributed by atoms with Crippen LogP contribution in [-0.4, -0.2) is 24.7 Å². The largest absolute Gasteiger partial charge is 0.500 e. The van der Waals surface area contributed by atoms with Gasteiger partial charge in [0.1, 0.15) is 0 Å². The maximum atomic E-state index is 11.4. The highest BCUT2D eigenvalue weighted by molar-refractivity contribution is 5.90. The number of carbonyl (C=O) groups is 1. The van der Waals surface area contributed by atoms with Crippen molar-refractivity contribution >= 4 is 5.97 Å². The van der Waals surface area contributed by atoms with Crippen LogP contribution in [0.5, 0.6) is 0 Å². The summed E-state index contributed by atoms with van der Waals surface area (Å²) < 4.78 is 4.47. The van der Waals surface area contributed by atoms with Crippen molar-refractivity contribution in [3.05, 3.63) is 57.7 Å². The smallest absolute Gasteiger partial charge is 0.338 e. The minimum atomic E-state index is -0.785. The SMILES string of the molecule is COC(=O)/C(CN=[N+]=[N-])=C(/O)C#Cc1ccccc1. The number of allylic oxidation sites excluding steroid dienone is 1. The van der Waals surface area contributed by atoms with Crippen molar-refractivity contribution in [3.8, 4) is 11.8 Å². The number of ether oxygens (including phenoxy) is 1. The van der Waals surface area contributed by atoms with Gasteiger partial charge in [-0.05, 0) is 23.6 Å². The Morgan fingerprint density at radius 1 is 1.47 bits per heavy atom. The molecule has 0 aliphatic rings. The molecule has 0 fully saturated rings. The molecule has 0 heterocycles. The predicted molar refractivity (Wildman–Crippen MR) is 69.0 cm³/mol. The van der Waals surface area contributed by atoms with Gasteiger partial charge in [0.15, 0.2) is 5.76 Å². The van der Waals surface area contributed by atoms with Gasteiger partial charge < -0.3 is 9.84 Å². The molecule has 0 unspecified atom stereocenters. The van der Waals surface area contributed by atoms with E-state index in [1.165, 1.54) is 0 Å². The molecule has 0 aliphatic heterocycles. The quantitative estimate of drug-likeness (QED) is 0.171. The van der Waals surface area contributed by atoms with Gasteiger partial charge in [-0.15, -0.1) is 0 Å². The molecule has 0 atom stereocenters. The van der Waals surface area contributed by atoms with E-state index in [2.05, 4.69) is 26.6 Å². The van der Waals surface area contributed by atoms with Crippen molar-refractivity contribution in [1.82, 2.24) is 0 Å². The second kappa shape index (κ2) is 7.43. The number of nitrogens with zero attached hydrogens (tertiary/aromatic N) is 3. The molecule has 6 heteroatoms. The van der Waals surface area contributed by atoms with E-state index in [4.69, 9.17) is 5.53 Å². The third-order valence-electron chi connectivity index (χ3n) is 2.11. The molecule has 6 nitrogen and oxygen atoms in total. The molecule has 0 aliphatic carbocycles. The Balaban J connectivity index is 3.06. The van der Waals surface area contributed by atoms with Gasteiger partial charge in [0.05, 0.1) is 19.2 Å². The van der Waals surface area contributed by atoms with Crippen LogP contribution in [0.2, 0.25) is 0 Å². The number of carbonyl (C=O) groups excluding carboxylic acids is 1. The Morgan fingerprint density at radius 2 is 2.16 bits per heavy atom. The minimum absolute atomic E-state index is 0.177. The number of methoxy groups -OCH3 is 1. The molecule has 1 aromatic rings. The molecule has 0 saturated carbocycles. The standard InChI is InChI=1S/C13H11N3O3/c1-19-13(18)11(9-15-16-14)12(17)8-7-10-5-3-2-4-6-10/h2-6,17H,9H2,1H3/b12-11+. The summed E-state index contributed by atoms with van der Waals surface area (Å²) in [5.41, 5.74) is 8.73. The summed E-state index contributed by atoms with van der Waals surface area (Å²) in [5.74, 6) is 3.85. The lowest BCUT2D eigenvalue weighted by Gasteiger charge is -2.01. The maximum absolute atomic E-state index is 11.4. The molecule has 0 radical (unpaired) electrons. The number of hydrogen-bond donors (Lipinski definition) is 1. The van der Waals surface area contributed by atoms with Crippen LogP contribution in [0.15, 0.2) is 46.8 Å². The van der Waals surface area contributed by atoms with Gasteiger partial charge in [-0.1, -0.05) is 29.2 Å². The monoisotopic (exact) mass is 257 g/mol. The van der Waals surface area contributed by atoms with Crippen molar-refractivity contribution in [1.29, 1.82) is 0 Å². The summed E-state index contributed by atoms with van der Waals surface area (Å²) in [6.07, 6.45) is 0. The molecule has 19 heavy (non-hydrogen) atoms. The first kappa shape index (κ1) is 14.2. The lowest BCUT2D eigenvalue weighted by atomic mass is 10.2. The van der Waals surface area contributed by atoms with Crippen LogP contribution < -0.4 is 0 Å². The van der Waals surface area contributed by atoms with Crippen molar-refractivity contribution in [2.24, 2.45) is 5.11 Å². The Kier molecular flexibility index (Phi) is 5.54. The second-order valence-electron chi connectivity index (χ2n) is 3.32. The maximum Gasteiger partial charge on any atom is 0.338 e. The zero-order valence-corrected chi connectivity index (χ0v) is 10.2. The summed E-state index contributed by atoms with van der Waals surface area (Å²) in [5, 5.41) is 12.9. The Morgan fingerprint density at radius 3 is 2.74 bits per heavy atom. The Labute approximate surface area is 109 Å². The third-order valence-corrected chi connectivity index (χ3v) is 2.11. The second-order valence-corrected chi connectivity index (χ2v) is 3.32. The summed E-state index contributed by atoms with van der Waals surface area (Å²) in [6.45, 7) is -0.321. The van der Waals surface area contributed by atoms with E-state index in [1.807, 2.05) is 6.07 Å². The number of aliphatic hydroxyl groups is 1. The fraction of sp³-hybridized carbons (Fsp3) is 0.154. The minimum Gasteiger partial charge on any atom is -0.500 e. The zero-order valence-electron chi connectivity index (χ0n) is 10.2. The van der Waals surface area contributed by atoms with Crippen LogP contribution in [0, 0.1) is 11.8 Å². The van der Waals surface area contributed by atoms with E-state index < -0.39 is 11.7 Å². The first-order valence-electron chi connectivity index (χ1n) is 5.27. The van der Waals surface area contributed by atoms with Crippen LogP contribution >= 0.6 is 0 Å². The van der Waals surface area contributed by atoms with E-state index in [0.717, 1.165) is 7.11 Å². The third kappa shape index (κ3) is 4.46. The van der Waals surface area contributed by atoms with Gasteiger partial charge in [-0.25, -0.2) is 4.79 Å². The van der Waals surface area contributed by atoms with Gasteiger partial charge in [-0.2, -0.15) is 0 Å². The molecule has 0 aromatic heterocycles. The van der Waals surface area contributed by atoms with E-state index in [9.17, 15) is 9.90 Å². The van der Waals surface area contributed by atoms with Gasteiger partial charge in [-0.3, -0.25) is 0 Å². The van der Waals surface area contributed by atoms with E-state index >= 15 is 0 Å². The van der Waals surface area contributed by atoms with Crippen molar-refractivity contribution in [3.63, 3.8) is 0 Å². The lowest BCUT2D eigenvalue weighted by Crippen LogP contribution is -2.10. The molecule has 0 spiro atoms. The fourth-order valence-corrected chi connectivity index (χ4v) is 1.19. The summed E-state index contributed by atoms with van der Waals surface area (Å²) in [6, 6.07) is 8.94. The summed E-state index contributed by atoms with van der Waals surface area (Å²) in [4.78, 5) is 13.9. The fourth-order valence-electron chi connectivity index (χ4n) is 1.19. The molecule has 1 N–H and O–H groups in total. The molecule has 1 aromatic carbocycles. The van der Waals surface area contributed by atoms with Crippen molar-refractivity contribution < 1.29 is 14.6 Å². The number of esters is 1. The molecular weight excluding hydrogens is 246 g/mol. The number of hydrogen-bond acceptors (Lipinski definition) is 4. The molecule has 96 valence electrons.